The average molecular weight is 364 g/mol. The molecule has 20 heavy (non-hydrogen) atoms. The van der Waals surface area contributed by atoms with Gasteiger partial charge in [-0.25, -0.2) is 8.42 Å². The Bertz CT molecular complexity index is 558. The van der Waals surface area contributed by atoms with Gasteiger partial charge in [-0.3, -0.25) is 0 Å². The SMILES string of the molecule is CC(C)CC(C)N(C)S(=O)(=O)c1ccc(CO)cc1Br. The van der Waals surface area contributed by atoms with Crippen LogP contribution in [-0.2, 0) is 16.6 Å². The van der Waals surface area contributed by atoms with Crippen LogP contribution in [0.5, 0.6) is 0 Å². The summed E-state index contributed by atoms with van der Waals surface area (Å²) in [5.74, 6) is 0.433. The van der Waals surface area contributed by atoms with Crippen LogP contribution in [0.25, 0.3) is 0 Å². The van der Waals surface area contributed by atoms with Gasteiger partial charge >= 0.3 is 0 Å². The van der Waals surface area contributed by atoms with Crippen molar-refractivity contribution in [3.8, 4) is 0 Å². The Kier molecular flexibility index (Phi) is 6.19. The van der Waals surface area contributed by atoms with E-state index < -0.39 is 10.0 Å². The molecule has 0 aliphatic rings. The first-order valence-corrected chi connectivity index (χ1v) is 8.80. The monoisotopic (exact) mass is 363 g/mol. The summed E-state index contributed by atoms with van der Waals surface area (Å²) in [4.78, 5) is 0.229. The molecule has 0 aliphatic heterocycles. The van der Waals surface area contributed by atoms with Crippen molar-refractivity contribution in [2.45, 2.75) is 44.7 Å². The molecule has 1 rings (SSSR count). The normalized spacial score (nSPS) is 14.0. The van der Waals surface area contributed by atoms with Crippen LogP contribution in [0, 0.1) is 5.92 Å². The van der Waals surface area contributed by atoms with Crippen LogP contribution in [-0.4, -0.2) is 30.9 Å². The predicted octanol–water partition coefficient (Wildman–Crippen LogP) is 3.00. The zero-order valence-corrected chi connectivity index (χ0v) is 14.7. The molecule has 1 N–H and O–H groups in total. The minimum Gasteiger partial charge on any atom is -0.392 e. The van der Waals surface area contributed by atoms with Crippen LogP contribution in [0.2, 0.25) is 0 Å². The van der Waals surface area contributed by atoms with Crippen LogP contribution in [0.4, 0.5) is 0 Å². The zero-order valence-electron chi connectivity index (χ0n) is 12.3. The highest BCUT2D eigenvalue weighted by atomic mass is 79.9. The van der Waals surface area contributed by atoms with Gasteiger partial charge in [-0.15, -0.1) is 0 Å². The fraction of sp³-hybridized carbons (Fsp3) is 0.571. The number of hydrogen-bond donors (Lipinski definition) is 1. The molecule has 6 heteroatoms. The third kappa shape index (κ3) is 4.04. The molecule has 0 amide bonds. The third-order valence-electron chi connectivity index (χ3n) is 3.27. The summed E-state index contributed by atoms with van der Waals surface area (Å²) in [5.41, 5.74) is 0.675. The molecule has 0 saturated heterocycles. The summed E-state index contributed by atoms with van der Waals surface area (Å²) in [7, 11) is -1.93. The van der Waals surface area contributed by atoms with E-state index in [9.17, 15) is 8.42 Å². The largest absolute Gasteiger partial charge is 0.392 e. The molecule has 0 spiro atoms. The van der Waals surface area contributed by atoms with E-state index in [0.29, 0.717) is 16.0 Å². The van der Waals surface area contributed by atoms with Crippen molar-refractivity contribution in [1.82, 2.24) is 4.31 Å². The van der Waals surface area contributed by atoms with Crippen molar-refractivity contribution in [2.75, 3.05) is 7.05 Å². The molecular weight excluding hydrogens is 342 g/mol. The van der Waals surface area contributed by atoms with Crippen molar-refractivity contribution in [2.24, 2.45) is 5.92 Å². The highest BCUT2D eigenvalue weighted by molar-refractivity contribution is 9.10. The van der Waals surface area contributed by atoms with Crippen LogP contribution in [0.1, 0.15) is 32.8 Å². The van der Waals surface area contributed by atoms with Crippen LogP contribution < -0.4 is 0 Å². The maximum atomic E-state index is 12.6. The molecule has 0 heterocycles. The van der Waals surface area contributed by atoms with Crippen molar-refractivity contribution in [3.05, 3.63) is 28.2 Å². The average Bonchev–Trinajstić information content (AvgIpc) is 2.36. The maximum Gasteiger partial charge on any atom is 0.244 e. The highest BCUT2D eigenvalue weighted by Crippen LogP contribution is 2.27. The molecule has 114 valence electrons. The number of halogens is 1. The number of hydrogen-bond acceptors (Lipinski definition) is 3. The minimum absolute atomic E-state index is 0.0654. The molecule has 0 bridgehead atoms. The number of rotatable bonds is 6. The molecule has 1 aromatic carbocycles. The number of nitrogens with zero attached hydrogens (tertiary/aromatic N) is 1. The molecule has 1 atom stereocenters. The topological polar surface area (TPSA) is 57.6 Å². The third-order valence-corrected chi connectivity index (χ3v) is 6.22. The fourth-order valence-corrected chi connectivity index (χ4v) is 4.53. The lowest BCUT2D eigenvalue weighted by molar-refractivity contribution is 0.281. The van der Waals surface area contributed by atoms with E-state index >= 15 is 0 Å². The van der Waals surface area contributed by atoms with Crippen LogP contribution in [0.15, 0.2) is 27.6 Å². The van der Waals surface area contributed by atoms with Gasteiger partial charge in [-0.2, -0.15) is 4.31 Å². The second-order valence-electron chi connectivity index (χ2n) is 5.42. The number of aliphatic hydroxyl groups excluding tert-OH is 1. The molecule has 1 aromatic rings. The molecule has 0 fully saturated rings. The molecule has 0 radical (unpaired) electrons. The molecule has 0 aliphatic carbocycles. The van der Waals surface area contributed by atoms with Gasteiger partial charge in [-0.1, -0.05) is 19.9 Å². The Hall–Kier alpha value is -0.430. The summed E-state index contributed by atoms with van der Waals surface area (Å²) in [6, 6.07) is 4.72. The standard InChI is InChI=1S/C14H22BrNO3S/c1-10(2)7-11(3)16(4)20(18,19)14-6-5-12(9-17)8-13(14)15/h5-6,8,10-11,17H,7,9H2,1-4H3. The maximum absolute atomic E-state index is 12.6. The van der Waals surface area contributed by atoms with Gasteiger partial charge in [0.25, 0.3) is 0 Å². The molecule has 0 aromatic heterocycles. The highest BCUT2D eigenvalue weighted by Gasteiger charge is 2.27. The second-order valence-corrected chi connectivity index (χ2v) is 8.24. The lowest BCUT2D eigenvalue weighted by Gasteiger charge is -2.26. The van der Waals surface area contributed by atoms with Crippen LogP contribution >= 0.6 is 15.9 Å². The summed E-state index contributed by atoms with van der Waals surface area (Å²) in [6.07, 6.45) is 0.808. The van der Waals surface area contributed by atoms with Gasteiger partial charge in [0.1, 0.15) is 0 Å². The van der Waals surface area contributed by atoms with E-state index in [0.717, 1.165) is 6.42 Å². The smallest absolute Gasteiger partial charge is 0.244 e. The summed E-state index contributed by atoms with van der Waals surface area (Å²) in [5, 5.41) is 9.07. The summed E-state index contributed by atoms with van der Waals surface area (Å²) in [6.45, 7) is 5.94. The van der Waals surface area contributed by atoms with E-state index in [1.54, 1.807) is 19.2 Å². The van der Waals surface area contributed by atoms with Crippen LogP contribution in [0.3, 0.4) is 0 Å². The van der Waals surface area contributed by atoms with Gasteiger partial charge in [0, 0.05) is 17.6 Å². The number of aliphatic hydroxyl groups is 1. The quantitative estimate of drug-likeness (QED) is 0.844. The molecular formula is C14H22BrNO3S. The van der Waals surface area contributed by atoms with Crippen molar-refractivity contribution in [1.29, 1.82) is 0 Å². The van der Waals surface area contributed by atoms with Crippen molar-refractivity contribution < 1.29 is 13.5 Å². The van der Waals surface area contributed by atoms with E-state index in [1.165, 1.54) is 10.4 Å². The minimum atomic E-state index is -3.53. The fourth-order valence-electron chi connectivity index (χ4n) is 2.07. The zero-order chi connectivity index (χ0) is 15.5. The Balaban J connectivity index is 3.10. The van der Waals surface area contributed by atoms with E-state index in [4.69, 9.17) is 5.11 Å². The summed E-state index contributed by atoms with van der Waals surface area (Å²) < 4.78 is 27.1. The van der Waals surface area contributed by atoms with Gasteiger partial charge in [0.2, 0.25) is 10.0 Å². The van der Waals surface area contributed by atoms with E-state index in [2.05, 4.69) is 29.8 Å². The van der Waals surface area contributed by atoms with E-state index in [-0.39, 0.29) is 17.5 Å². The van der Waals surface area contributed by atoms with Gasteiger partial charge in [-0.05, 0) is 52.9 Å². The second kappa shape index (κ2) is 7.02. The first-order chi connectivity index (χ1) is 9.20. The van der Waals surface area contributed by atoms with Crippen molar-refractivity contribution in [3.63, 3.8) is 0 Å². The number of sulfonamides is 1. The first-order valence-electron chi connectivity index (χ1n) is 6.57. The van der Waals surface area contributed by atoms with E-state index in [1.807, 2.05) is 6.92 Å². The molecule has 0 saturated carbocycles. The van der Waals surface area contributed by atoms with Gasteiger partial charge in [0.05, 0.1) is 11.5 Å². The first kappa shape index (κ1) is 17.6. The number of benzene rings is 1. The van der Waals surface area contributed by atoms with Crippen molar-refractivity contribution >= 4 is 26.0 Å². The molecule has 1 unspecified atom stereocenters. The van der Waals surface area contributed by atoms with Gasteiger partial charge in [0.15, 0.2) is 0 Å². The van der Waals surface area contributed by atoms with Gasteiger partial charge < -0.3 is 5.11 Å². The Labute approximate surface area is 130 Å². The lowest BCUT2D eigenvalue weighted by atomic mass is 10.1. The Morgan fingerprint density at radius 3 is 2.35 bits per heavy atom. The predicted molar refractivity (Wildman–Crippen MR) is 83.9 cm³/mol. The Morgan fingerprint density at radius 2 is 1.90 bits per heavy atom. The lowest BCUT2D eigenvalue weighted by Crippen LogP contribution is -2.36. The molecule has 4 nitrogen and oxygen atoms in total. The Morgan fingerprint density at radius 1 is 1.30 bits per heavy atom. The summed E-state index contributed by atoms with van der Waals surface area (Å²) >= 11 is 3.28.